The van der Waals surface area contributed by atoms with E-state index in [1.54, 1.807) is 16.8 Å². The summed E-state index contributed by atoms with van der Waals surface area (Å²) in [6, 6.07) is 14.1. The van der Waals surface area contributed by atoms with Crippen molar-refractivity contribution < 1.29 is 4.39 Å². The molecular weight excluding hydrogens is 311 g/mol. The topological polar surface area (TPSA) is 17.8 Å². The van der Waals surface area contributed by atoms with Crippen LogP contribution in [0, 0.1) is 11.7 Å². The van der Waals surface area contributed by atoms with E-state index in [-0.39, 0.29) is 5.82 Å². The minimum Gasteiger partial charge on any atom is -0.240 e. The molecule has 3 aromatic rings. The quantitative estimate of drug-likeness (QED) is 0.615. The first kappa shape index (κ1) is 15.8. The summed E-state index contributed by atoms with van der Waals surface area (Å²) in [5.41, 5.74) is 4.04. The van der Waals surface area contributed by atoms with Gasteiger partial charge in [-0.1, -0.05) is 37.6 Å². The third kappa shape index (κ3) is 3.62. The Morgan fingerprint density at radius 2 is 1.70 bits per heavy atom. The molecule has 0 aliphatic heterocycles. The van der Waals surface area contributed by atoms with Crippen molar-refractivity contribution in [3.8, 4) is 16.8 Å². The third-order valence-corrected chi connectivity index (χ3v) is 3.89. The number of rotatable bonds is 4. The summed E-state index contributed by atoms with van der Waals surface area (Å²) in [6.07, 6.45) is 2.88. The molecular formula is C19H18ClFN2. The van der Waals surface area contributed by atoms with E-state index in [0.29, 0.717) is 10.9 Å². The summed E-state index contributed by atoms with van der Waals surface area (Å²) in [4.78, 5) is 0. The molecule has 0 saturated heterocycles. The van der Waals surface area contributed by atoms with Crippen LogP contribution in [0.5, 0.6) is 0 Å². The fourth-order valence-corrected chi connectivity index (χ4v) is 2.67. The van der Waals surface area contributed by atoms with Gasteiger partial charge in [-0.3, -0.25) is 0 Å². The van der Waals surface area contributed by atoms with Crippen molar-refractivity contribution in [2.45, 2.75) is 20.3 Å². The van der Waals surface area contributed by atoms with Gasteiger partial charge in [-0.25, -0.2) is 9.07 Å². The molecule has 0 fully saturated rings. The summed E-state index contributed by atoms with van der Waals surface area (Å²) in [5, 5.41) is 5.42. The van der Waals surface area contributed by atoms with E-state index in [2.05, 4.69) is 13.8 Å². The smallest absolute Gasteiger partial charge is 0.123 e. The highest BCUT2D eigenvalue weighted by atomic mass is 35.5. The number of halogens is 2. The molecule has 1 heterocycles. The minimum absolute atomic E-state index is 0.249. The summed E-state index contributed by atoms with van der Waals surface area (Å²) < 4.78 is 14.9. The fraction of sp³-hybridized carbons (Fsp3) is 0.211. The van der Waals surface area contributed by atoms with Crippen LogP contribution in [0.3, 0.4) is 0 Å². The lowest BCUT2D eigenvalue weighted by atomic mass is 10.0. The molecule has 0 N–H and O–H groups in total. The molecule has 0 saturated carbocycles. The Morgan fingerprint density at radius 1 is 1.04 bits per heavy atom. The molecule has 0 radical (unpaired) electrons. The van der Waals surface area contributed by atoms with E-state index in [1.165, 1.54) is 12.1 Å². The van der Waals surface area contributed by atoms with Crippen molar-refractivity contribution in [1.29, 1.82) is 0 Å². The summed E-state index contributed by atoms with van der Waals surface area (Å²) in [6.45, 7) is 4.34. The van der Waals surface area contributed by atoms with Gasteiger partial charge < -0.3 is 0 Å². The van der Waals surface area contributed by atoms with Crippen molar-refractivity contribution in [3.05, 3.63) is 71.3 Å². The van der Waals surface area contributed by atoms with Gasteiger partial charge in [0.2, 0.25) is 0 Å². The van der Waals surface area contributed by atoms with Gasteiger partial charge in [0, 0.05) is 16.8 Å². The average Bonchev–Trinajstić information content (AvgIpc) is 2.92. The Morgan fingerprint density at radius 3 is 2.30 bits per heavy atom. The van der Waals surface area contributed by atoms with Gasteiger partial charge in [0.25, 0.3) is 0 Å². The van der Waals surface area contributed by atoms with Crippen LogP contribution in [0.2, 0.25) is 5.02 Å². The maximum absolute atomic E-state index is 13.1. The highest BCUT2D eigenvalue weighted by Crippen LogP contribution is 2.27. The highest BCUT2D eigenvalue weighted by Gasteiger charge is 2.13. The van der Waals surface area contributed by atoms with E-state index in [9.17, 15) is 4.39 Å². The van der Waals surface area contributed by atoms with Crippen LogP contribution in [0.25, 0.3) is 16.8 Å². The normalized spacial score (nSPS) is 11.2. The van der Waals surface area contributed by atoms with Crippen LogP contribution < -0.4 is 0 Å². The Labute approximate surface area is 140 Å². The Hall–Kier alpha value is -2.13. The molecule has 0 bridgehead atoms. The van der Waals surface area contributed by atoms with Crippen LogP contribution in [0.4, 0.5) is 4.39 Å². The van der Waals surface area contributed by atoms with Crippen molar-refractivity contribution in [3.63, 3.8) is 0 Å². The fourth-order valence-electron chi connectivity index (χ4n) is 2.54. The molecule has 2 nitrogen and oxygen atoms in total. The predicted octanol–water partition coefficient (Wildman–Crippen LogP) is 5.53. The van der Waals surface area contributed by atoms with E-state index in [4.69, 9.17) is 16.7 Å². The lowest BCUT2D eigenvalue weighted by Gasteiger charge is -2.05. The second-order valence-electron chi connectivity index (χ2n) is 6.02. The maximum atomic E-state index is 13.1. The largest absolute Gasteiger partial charge is 0.240 e. The first-order chi connectivity index (χ1) is 11.0. The van der Waals surface area contributed by atoms with Crippen molar-refractivity contribution >= 4 is 11.6 Å². The molecule has 118 valence electrons. The monoisotopic (exact) mass is 328 g/mol. The third-order valence-electron chi connectivity index (χ3n) is 3.64. The first-order valence-corrected chi connectivity index (χ1v) is 8.01. The second kappa shape index (κ2) is 6.55. The molecule has 0 spiro atoms. The summed E-state index contributed by atoms with van der Waals surface area (Å²) in [7, 11) is 0. The zero-order chi connectivity index (χ0) is 16.4. The van der Waals surface area contributed by atoms with Gasteiger partial charge in [-0.2, -0.15) is 5.10 Å². The number of aromatic nitrogens is 2. The number of benzene rings is 2. The van der Waals surface area contributed by atoms with Gasteiger partial charge in [0.1, 0.15) is 5.82 Å². The van der Waals surface area contributed by atoms with E-state index >= 15 is 0 Å². The summed E-state index contributed by atoms with van der Waals surface area (Å²) in [5.74, 6) is 0.249. The zero-order valence-electron chi connectivity index (χ0n) is 13.1. The minimum atomic E-state index is -0.249. The van der Waals surface area contributed by atoms with Crippen molar-refractivity contribution in [1.82, 2.24) is 9.78 Å². The molecule has 0 amide bonds. The Kier molecular flexibility index (Phi) is 4.49. The van der Waals surface area contributed by atoms with Gasteiger partial charge in [-0.05, 0) is 54.3 Å². The lowest BCUT2D eigenvalue weighted by molar-refractivity contribution is 0.624. The standard InChI is InChI=1S/C19H18ClFN2/c1-13(2)11-19-18(14-3-5-15(20)6-4-14)12-23(22-19)17-9-7-16(21)8-10-17/h3-10,12-13H,11H2,1-2H3. The first-order valence-electron chi connectivity index (χ1n) is 7.63. The number of hydrogen-bond donors (Lipinski definition) is 0. The molecule has 0 atom stereocenters. The molecule has 0 aliphatic rings. The van der Waals surface area contributed by atoms with Crippen LogP contribution in [-0.4, -0.2) is 9.78 Å². The maximum Gasteiger partial charge on any atom is 0.123 e. The number of nitrogens with zero attached hydrogens (tertiary/aromatic N) is 2. The van der Waals surface area contributed by atoms with Crippen LogP contribution in [0.1, 0.15) is 19.5 Å². The van der Waals surface area contributed by atoms with Crippen molar-refractivity contribution in [2.24, 2.45) is 5.92 Å². The van der Waals surface area contributed by atoms with Crippen LogP contribution in [-0.2, 0) is 6.42 Å². The lowest BCUT2D eigenvalue weighted by Crippen LogP contribution is -1.99. The van der Waals surface area contributed by atoms with Crippen LogP contribution in [0.15, 0.2) is 54.7 Å². The summed E-state index contributed by atoms with van der Waals surface area (Å²) >= 11 is 5.98. The molecule has 0 unspecified atom stereocenters. The number of hydrogen-bond acceptors (Lipinski definition) is 1. The second-order valence-corrected chi connectivity index (χ2v) is 6.45. The molecule has 2 aromatic carbocycles. The van der Waals surface area contributed by atoms with Crippen molar-refractivity contribution in [2.75, 3.05) is 0 Å². The Balaban J connectivity index is 2.06. The van der Waals surface area contributed by atoms with Crippen LogP contribution >= 0.6 is 11.6 Å². The SMILES string of the molecule is CC(C)Cc1nn(-c2ccc(F)cc2)cc1-c1ccc(Cl)cc1. The van der Waals surface area contributed by atoms with E-state index < -0.39 is 0 Å². The predicted molar refractivity (Wildman–Crippen MR) is 92.5 cm³/mol. The molecule has 1 aromatic heterocycles. The molecule has 23 heavy (non-hydrogen) atoms. The van der Waals surface area contributed by atoms with Gasteiger partial charge in [0.05, 0.1) is 11.4 Å². The molecule has 0 aliphatic carbocycles. The Bertz CT molecular complexity index is 789. The average molecular weight is 329 g/mol. The van der Waals surface area contributed by atoms with Gasteiger partial charge in [0.15, 0.2) is 0 Å². The molecule has 4 heteroatoms. The van der Waals surface area contributed by atoms with Gasteiger partial charge >= 0.3 is 0 Å². The van der Waals surface area contributed by atoms with E-state index in [0.717, 1.165) is 28.9 Å². The molecule has 3 rings (SSSR count). The zero-order valence-corrected chi connectivity index (χ0v) is 13.9. The van der Waals surface area contributed by atoms with Gasteiger partial charge in [-0.15, -0.1) is 0 Å². The van der Waals surface area contributed by atoms with E-state index in [1.807, 2.05) is 30.5 Å². The highest BCUT2D eigenvalue weighted by molar-refractivity contribution is 6.30.